The maximum absolute atomic E-state index is 3.73. The number of nitrogens with zero attached hydrogens (tertiary/aromatic N) is 2. The van der Waals surface area contributed by atoms with Crippen molar-refractivity contribution >= 4 is 56.0 Å². The van der Waals surface area contributed by atoms with Crippen molar-refractivity contribution in [1.82, 2.24) is 9.13 Å². The molecule has 0 bridgehead atoms. The van der Waals surface area contributed by atoms with Crippen LogP contribution < -0.4 is 5.32 Å². The lowest BCUT2D eigenvalue weighted by atomic mass is 9.90. The van der Waals surface area contributed by atoms with Gasteiger partial charge in [0.2, 0.25) is 0 Å². The summed E-state index contributed by atoms with van der Waals surface area (Å²) in [7, 11) is 0. The van der Waals surface area contributed by atoms with Crippen molar-refractivity contribution < 1.29 is 0 Å². The van der Waals surface area contributed by atoms with Crippen LogP contribution in [0.3, 0.4) is 0 Å². The molecule has 218 valence electrons. The number of nitrogens with one attached hydrogen (secondary N) is 1. The first-order chi connectivity index (χ1) is 22.3. The summed E-state index contributed by atoms with van der Waals surface area (Å²) in [5.74, 6) is 0.508. The van der Waals surface area contributed by atoms with Crippen LogP contribution in [0.1, 0.15) is 31.7 Å². The first kappa shape index (κ1) is 26.2. The average molecular weight is 582 g/mol. The van der Waals surface area contributed by atoms with Crippen molar-refractivity contribution in [3.8, 4) is 22.3 Å². The minimum atomic E-state index is 0.508. The fourth-order valence-corrected chi connectivity index (χ4v) is 7.64. The Hall–Kier alpha value is -5.28. The lowest BCUT2D eigenvalue weighted by Gasteiger charge is -2.21. The Balaban J connectivity index is 1.35. The second kappa shape index (κ2) is 10.4. The van der Waals surface area contributed by atoms with Crippen LogP contribution in [0.15, 0.2) is 127 Å². The Morgan fingerprint density at radius 3 is 2.44 bits per heavy atom. The molecule has 45 heavy (non-hydrogen) atoms. The third-order valence-corrected chi connectivity index (χ3v) is 9.68. The van der Waals surface area contributed by atoms with Crippen LogP contribution in [-0.2, 0) is 0 Å². The van der Waals surface area contributed by atoms with Gasteiger partial charge in [0.25, 0.3) is 0 Å². The predicted molar refractivity (Wildman–Crippen MR) is 193 cm³/mol. The normalized spacial score (nSPS) is 17.5. The number of rotatable bonds is 4. The summed E-state index contributed by atoms with van der Waals surface area (Å²) in [6.07, 6.45) is 21.6. The second-order valence-corrected chi connectivity index (χ2v) is 12.5. The molecule has 0 saturated carbocycles. The van der Waals surface area contributed by atoms with E-state index < -0.39 is 0 Å². The zero-order valence-electron chi connectivity index (χ0n) is 25.5. The van der Waals surface area contributed by atoms with Crippen LogP contribution in [-0.4, -0.2) is 15.7 Å². The molecule has 0 amide bonds. The molecular weight excluding hydrogens is 546 g/mol. The Labute approximate surface area is 263 Å². The van der Waals surface area contributed by atoms with Crippen LogP contribution in [0.5, 0.6) is 0 Å². The third kappa shape index (κ3) is 4.11. The predicted octanol–water partition coefficient (Wildman–Crippen LogP) is 11.1. The Kier molecular flexibility index (Phi) is 6.05. The Morgan fingerprint density at radius 2 is 1.58 bits per heavy atom. The van der Waals surface area contributed by atoms with E-state index in [4.69, 9.17) is 0 Å². The van der Waals surface area contributed by atoms with Gasteiger partial charge in [-0.25, -0.2) is 0 Å². The van der Waals surface area contributed by atoms with Gasteiger partial charge >= 0.3 is 0 Å². The molecule has 1 aliphatic heterocycles. The minimum absolute atomic E-state index is 0.508. The average Bonchev–Trinajstić information content (AvgIpc) is 3.61. The smallest absolute Gasteiger partial charge is 0.131 e. The molecule has 1 atom stereocenters. The fourth-order valence-electron chi connectivity index (χ4n) is 7.64. The van der Waals surface area contributed by atoms with Gasteiger partial charge < -0.3 is 5.32 Å². The van der Waals surface area contributed by atoms with Crippen LogP contribution in [0.4, 0.5) is 5.69 Å². The molecule has 3 heterocycles. The summed E-state index contributed by atoms with van der Waals surface area (Å²) in [6.45, 7) is 3.15. The number of hydrogen-bond donors (Lipinski definition) is 1. The van der Waals surface area contributed by atoms with Crippen LogP contribution in [0.25, 0.3) is 72.6 Å². The largest absolute Gasteiger partial charge is 0.381 e. The monoisotopic (exact) mass is 581 g/mol. The van der Waals surface area contributed by atoms with Crippen molar-refractivity contribution in [2.75, 3.05) is 11.9 Å². The summed E-state index contributed by atoms with van der Waals surface area (Å²) in [6, 6.07) is 31.4. The summed E-state index contributed by atoms with van der Waals surface area (Å²) < 4.78 is 5.05. The molecule has 4 aromatic carbocycles. The molecule has 0 spiro atoms. The van der Waals surface area contributed by atoms with Gasteiger partial charge in [-0.2, -0.15) is 0 Å². The van der Waals surface area contributed by atoms with Crippen molar-refractivity contribution in [3.63, 3.8) is 0 Å². The molecule has 0 radical (unpaired) electrons. The van der Waals surface area contributed by atoms with E-state index in [1.54, 1.807) is 0 Å². The van der Waals surface area contributed by atoms with Crippen molar-refractivity contribution in [3.05, 3.63) is 133 Å². The molecule has 0 saturated heterocycles. The molecule has 3 aliphatic rings. The number of fused-ring (bicyclic) bond motifs is 6. The molecule has 3 heteroatoms. The highest BCUT2D eigenvalue weighted by molar-refractivity contribution is 6.24. The first-order valence-corrected chi connectivity index (χ1v) is 16.2. The summed E-state index contributed by atoms with van der Waals surface area (Å²) in [5.41, 5.74) is 13.8. The highest BCUT2D eigenvalue weighted by Crippen LogP contribution is 2.45. The number of anilines is 1. The van der Waals surface area contributed by atoms with Crippen molar-refractivity contribution in [2.45, 2.75) is 26.2 Å². The lowest BCUT2D eigenvalue weighted by molar-refractivity contribution is 0.734. The van der Waals surface area contributed by atoms with Gasteiger partial charge in [-0.3, -0.25) is 9.13 Å². The highest BCUT2D eigenvalue weighted by Gasteiger charge is 2.25. The number of allylic oxidation sites excluding steroid dienone is 8. The van der Waals surface area contributed by atoms with Gasteiger partial charge in [0, 0.05) is 45.2 Å². The molecule has 0 fully saturated rings. The van der Waals surface area contributed by atoms with E-state index in [2.05, 4.69) is 155 Å². The van der Waals surface area contributed by atoms with E-state index in [-0.39, 0.29) is 0 Å². The molecule has 2 aromatic heterocycles. The highest BCUT2D eigenvalue weighted by atomic mass is 15.1. The number of aromatic nitrogens is 2. The number of para-hydroxylation sites is 1. The first-order valence-electron chi connectivity index (χ1n) is 16.2. The lowest BCUT2D eigenvalue weighted by Crippen LogP contribution is -2.07. The quantitative estimate of drug-likeness (QED) is 0.220. The molecule has 1 N–H and O–H groups in total. The van der Waals surface area contributed by atoms with Crippen LogP contribution in [0, 0.1) is 5.92 Å². The molecule has 1 unspecified atom stereocenters. The number of hydrogen-bond acceptors (Lipinski definition) is 1. The zero-order valence-corrected chi connectivity index (χ0v) is 25.5. The molecular formula is C42H35N3. The van der Waals surface area contributed by atoms with Gasteiger partial charge in [-0.1, -0.05) is 110 Å². The topological polar surface area (TPSA) is 21.9 Å². The summed E-state index contributed by atoms with van der Waals surface area (Å²) >= 11 is 0. The minimum Gasteiger partial charge on any atom is -0.381 e. The maximum Gasteiger partial charge on any atom is 0.131 e. The van der Waals surface area contributed by atoms with E-state index in [0.29, 0.717) is 5.92 Å². The van der Waals surface area contributed by atoms with Crippen molar-refractivity contribution in [2.24, 2.45) is 5.92 Å². The van der Waals surface area contributed by atoms with Gasteiger partial charge in [-0.15, -0.1) is 0 Å². The van der Waals surface area contributed by atoms with E-state index in [0.717, 1.165) is 25.8 Å². The SMILES string of the molecule is CC1C=C(n2c3ccccc3c3c4cc(-c5ccc(-c6ccccc6)c6c5NCC=C6)ccc4n(C4=CC=CCC4)c32)C=CC1. The summed E-state index contributed by atoms with van der Waals surface area (Å²) in [5, 5.41) is 7.66. The van der Waals surface area contributed by atoms with Gasteiger partial charge in [0.15, 0.2) is 0 Å². The summed E-state index contributed by atoms with van der Waals surface area (Å²) in [4.78, 5) is 0. The standard InChI is InChI=1S/C42H35N3/c1-28-12-10-17-32(26-28)45-38-20-9-8-18-36(38)40-37-27-30(21-24-39(37)44(42(40)45)31-15-6-3-7-16-31)34-23-22-33(29-13-4-2-5-14-29)35-19-11-25-43-41(34)35/h2-6,8-11,13-15,17-24,26-28,43H,7,12,16,25H2,1H3. The molecule has 6 aromatic rings. The Bertz CT molecular complexity index is 2300. The van der Waals surface area contributed by atoms with E-state index >= 15 is 0 Å². The molecule has 2 aliphatic carbocycles. The number of benzene rings is 4. The molecule has 3 nitrogen and oxygen atoms in total. The maximum atomic E-state index is 3.73. The van der Waals surface area contributed by atoms with E-state index in [1.807, 2.05) is 0 Å². The van der Waals surface area contributed by atoms with Crippen LogP contribution >= 0.6 is 0 Å². The Morgan fingerprint density at radius 1 is 0.733 bits per heavy atom. The van der Waals surface area contributed by atoms with E-state index in [9.17, 15) is 0 Å². The molecule has 9 rings (SSSR count). The van der Waals surface area contributed by atoms with Gasteiger partial charge in [0.05, 0.1) is 16.7 Å². The van der Waals surface area contributed by atoms with Gasteiger partial charge in [0.1, 0.15) is 5.65 Å². The van der Waals surface area contributed by atoms with Gasteiger partial charge in [-0.05, 0) is 72.2 Å². The zero-order chi connectivity index (χ0) is 29.9. The fraction of sp³-hybridized carbons (Fsp3) is 0.143. The van der Waals surface area contributed by atoms with Crippen LogP contribution in [0.2, 0.25) is 0 Å². The third-order valence-electron chi connectivity index (χ3n) is 9.68. The second-order valence-electron chi connectivity index (χ2n) is 12.5. The van der Waals surface area contributed by atoms with E-state index in [1.165, 1.54) is 77.7 Å². The van der Waals surface area contributed by atoms with Crippen molar-refractivity contribution in [1.29, 1.82) is 0 Å².